The van der Waals surface area contributed by atoms with Gasteiger partial charge in [0.15, 0.2) is 0 Å². The summed E-state index contributed by atoms with van der Waals surface area (Å²) in [5, 5.41) is 3.70. The molecule has 0 aromatic heterocycles. The van der Waals surface area contributed by atoms with Crippen LogP contribution in [0.3, 0.4) is 0 Å². The highest BCUT2D eigenvalue weighted by Gasteiger charge is 2.12. The molecule has 1 atom stereocenters. The summed E-state index contributed by atoms with van der Waals surface area (Å²) in [5.41, 5.74) is 0.798. The summed E-state index contributed by atoms with van der Waals surface area (Å²) in [6, 6.07) is 4.90. The van der Waals surface area contributed by atoms with Crippen LogP contribution >= 0.6 is 23.2 Å². The van der Waals surface area contributed by atoms with Crippen molar-refractivity contribution in [1.29, 1.82) is 0 Å². The first-order valence-corrected chi connectivity index (χ1v) is 5.09. The van der Waals surface area contributed by atoms with Crippen molar-refractivity contribution >= 4 is 29.3 Å². The van der Waals surface area contributed by atoms with Gasteiger partial charge >= 0.3 is 6.09 Å². The molecule has 1 N–H and O–H groups in total. The summed E-state index contributed by atoms with van der Waals surface area (Å²) < 4.78 is 4.49. The van der Waals surface area contributed by atoms with Gasteiger partial charge in [0.2, 0.25) is 0 Å². The van der Waals surface area contributed by atoms with Gasteiger partial charge in [-0.1, -0.05) is 29.3 Å². The molecular weight excluding hydrogens is 237 g/mol. The quantitative estimate of drug-likeness (QED) is 0.870. The number of carbonyl (C=O) groups is 1. The normalized spacial score (nSPS) is 12.0. The second-order valence-corrected chi connectivity index (χ2v) is 3.87. The Morgan fingerprint density at radius 2 is 2.13 bits per heavy atom. The second kappa shape index (κ2) is 5.24. The van der Waals surface area contributed by atoms with Crippen LogP contribution in [0.1, 0.15) is 18.5 Å². The summed E-state index contributed by atoms with van der Waals surface area (Å²) in [6.07, 6.45) is -0.492. The molecule has 1 unspecified atom stereocenters. The van der Waals surface area contributed by atoms with Gasteiger partial charge in [-0.25, -0.2) is 4.79 Å². The topological polar surface area (TPSA) is 38.3 Å². The van der Waals surface area contributed by atoms with Crippen LogP contribution in [0.15, 0.2) is 18.2 Å². The van der Waals surface area contributed by atoms with Crippen molar-refractivity contribution in [2.75, 3.05) is 7.11 Å². The van der Waals surface area contributed by atoms with E-state index in [4.69, 9.17) is 23.2 Å². The smallest absolute Gasteiger partial charge is 0.407 e. The van der Waals surface area contributed by atoms with Crippen LogP contribution in [0.25, 0.3) is 0 Å². The molecule has 0 radical (unpaired) electrons. The van der Waals surface area contributed by atoms with Crippen molar-refractivity contribution in [2.45, 2.75) is 13.0 Å². The number of hydrogen-bond donors (Lipinski definition) is 1. The maximum atomic E-state index is 11.0. The number of amides is 1. The third-order valence-electron chi connectivity index (χ3n) is 1.95. The predicted molar refractivity (Wildman–Crippen MR) is 60.4 cm³/mol. The van der Waals surface area contributed by atoms with Gasteiger partial charge in [-0.05, 0) is 24.6 Å². The predicted octanol–water partition coefficient (Wildman–Crippen LogP) is 3.41. The average molecular weight is 248 g/mol. The molecule has 0 spiro atoms. The molecule has 0 fully saturated rings. The fourth-order valence-electron chi connectivity index (χ4n) is 1.17. The van der Waals surface area contributed by atoms with E-state index in [1.807, 2.05) is 6.92 Å². The number of methoxy groups -OCH3 is 1. The first-order chi connectivity index (χ1) is 7.04. The Balaban J connectivity index is 2.82. The van der Waals surface area contributed by atoms with Crippen molar-refractivity contribution in [1.82, 2.24) is 5.32 Å². The lowest BCUT2D eigenvalue weighted by Crippen LogP contribution is -2.26. The number of alkyl carbamates (subject to hydrolysis) is 1. The Hall–Kier alpha value is -0.930. The van der Waals surface area contributed by atoms with Crippen LogP contribution in [0.5, 0.6) is 0 Å². The third-order valence-corrected chi connectivity index (χ3v) is 2.51. The van der Waals surface area contributed by atoms with E-state index in [-0.39, 0.29) is 6.04 Å². The van der Waals surface area contributed by atoms with E-state index in [0.717, 1.165) is 5.56 Å². The molecule has 1 aromatic rings. The average Bonchev–Trinajstić information content (AvgIpc) is 2.17. The van der Waals surface area contributed by atoms with E-state index in [1.54, 1.807) is 18.2 Å². The molecule has 1 amide bonds. The number of rotatable bonds is 2. The lowest BCUT2D eigenvalue weighted by molar-refractivity contribution is 0.167. The molecule has 82 valence electrons. The lowest BCUT2D eigenvalue weighted by atomic mass is 10.1. The molecule has 0 heterocycles. The Bertz CT molecular complexity index is 368. The molecular formula is C10H11Cl2NO2. The molecule has 0 saturated carbocycles. The van der Waals surface area contributed by atoms with Gasteiger partial charge in [-0.15, -0.1) is 0 Å². The maximum absolute atomic E-state index is 11.0. The van der Waals surface area contributed by atoms with Gasteiger partial charge in [-0.3, -0.25) is 0 Å². The largest absolute Gasteiger partial charge is 0.453 e. The van der Waals surface area contributed by atoms with Gasteiger partial charge in [0, 0.05) is 10.0 Å². The minimum Gasteiger partial charge on any atom is -0.453 e. The maximum Gasteiger partial charge on any atom is 0.407 e. The number of halogens is 2. The van der Waals surface area contributed by atoms with Crippen LogP contribution in [0.4, 0.5) is 4.79 Å². The molecule has 5 heteroatoms. The van der Waals surface area contributed by atoms with Gasteiger partial charge in [0.1, 0.15) is 0 Å². The summed E-state index contributed by atoms with van der Waals surface area (Å²) in [7, 11) is 1.31. The Morgan fingerprint density at radius 1 is 1.47 bits per heavy atom. The van der Waals surface area contributed by atoms with E-state index < -0.39 is 6.09 Å². The van der Waals surface area contributed by atoms with Gasteiger partial charge in [-0.2, -0.15) is 0 Å². The first kappa shape index (κ1) is 12.1. The van der Waals surface area contributed by atoms with E-state index in [9.17, 15) is 4.79 Å². The molecule has 0 saturated heterocycles. The number of nitrogens with one attached hydrogen (secondary N) is 1. The molecule has 0 aliphatic carbocycles. The highest BCUT2D eigenvalue weighted by Crippen LogP contribution is 2.25. The number of benzene rings is 1. The van der Waals surface area contributed by atoms with Crippen molar-refractivity contribution in [3.05, 3.63) is 33.8 Å². The van der Waals surface area contributed by atoms with Crippen LogP contribution < -0.4 is 5.32 Å². The molecule has 0 bridgehead atoms. The van der Waals surface area contributed by atoms with Crippen LogP contribution in [-0.2, 0) is 4.74 Å². The molecule has 1 aromatic carbocycles. The zero-order valence-electron chi connectivity index (χ0n) is 8.38. The van der Waals surface area contributed by atoms with Crippen LogP contribution in [0, 0.1) is 0 Å². The van der Waals surface area contributed by atoms with E-state index >= 15 is 0 Å². The SMILES string of the molecule is COC(=O)NC(C)c1ccc(Cl)cc1Cl. The molecule has 15 heavy (non-hydrogen) atoms. The minimum absolute atomic E-state index is 0.220. The zero-order valence-corrected chi connectivity index (χ0v) is 9.89. The van der Waals surface area contributed by atoms with Crippen LogP contribution in [0.2, 0.25) is 10.0 Å². The molecule has 1 rings (SSSR count). The van der Waals surface area contributed by atoms with Gasteiger partial charge in [0.05, 0.1) is 13.2 Å². The highest BCUT2D eigenvalue weighted by molar-refractivity contribution is 6.35. The highest BCUT2D eigenvalue weighted by atomic mass is 35.5. The van der Waals surface area contributed by atoms with E-state index in [0.29, 0.717) is 10.0 Å². The summed E-state index contributed by atoms with van der Waals surface area (Å²) in [5.74, 6) is 0. The van der Waals surface area contributed by atoms with Crippen molar-refractivity contribution < 1.29 is 9.53 Å². The molecule has 0 aliphatic rings. The zero-order chi connectivity index (χ0) is 11.4. The van der Waals surface area contributed by atoms with Gasteiger partial charge < -0.3 is 10.1 Å². The third kappa shape index (κ3) is 3.29. The van der Waals surface area contributed by atoms with E-state index in [1.165, 1.54) is 7.11 Å². The Morgan fingerprint density at radius 3 is 2.67 bits per heavy atom. The van der Waals surface area contributed by atoms with Gasteiger partial charge in [0.25, 0.3) is 0 Å². The Kier molecular flexibility index (Phi) is 4.24. The number of hydrogen-bond acceptors (Lipinski definition) is 2. The summed E-state index contributed by atoms with van der Waals surface area (Å²) >= 11 is 11.7. The number of ether oxygens (including phenoxy) is 1. The minimum atomic E-state index is -0.492. The fourth-order valence-corrected chi connectivity index (χ4v) is 1.74. The van der Waals surface area contributed by atoms with Crippen LogP contribution in [-0.4, -0.2) is 13.2 Å². The monoisotopic (exact) mass is 247 g/mol. The number of carbonyl (C=O) groups excluding carboxylic acids is 1. The summed E-state index contributed by atoms with van der Waals surface area (Å²) in [4.78, 5) is 11.0. The van der Waals surface area contributed by atoms with Crippen molar-refractivity contribution in [2.24, 2.45) is 0 Å². The molecule has 3 nitrogen and oxygen atoms in total. The van der Waals surface area contributed by atoms with Crippen molar-refractivity contribution in [3.63, 3.8) is 0 Å². The fraction of sp³-hybridized carbons (Fsp3) is 0.300. The van der Waals surface area contributed by atoms with E-state index in [2.05, 4.69) is 10.1 Å². The molecule has 0 aliphatic heterocycles. The van der Waals surface area contributed by atoms with Crippen molar-refractivity contribution in [3.8, 4) is 0 Å². The summed E-state index contributed by atoms with van der Waals surface area (Å²) in [6.45, 7) is 1.81. The first-order valence-electron chi connectivity index (χ1n) is 4.34. The second-order valence-electron chi connectivity index (χ2n) is 3.02. The Labute approximate surface area is 98.3 Å². The lowest BCUT2D eigenvalue weighted by Gasteiger charge is -2.14. The standard InChI is InChI=1S/C10H11Cl2NO2/c1-6(13-10(14)15-2)8-4-3-7(11)5-9(8)12/h3-6H,1-2H3,(H,13,14).